The van der Waals surface area contributed by atoms with Crippen LogP contribution in [0.15, 0.2) is 52.5 Å². The second kappa shape index (κ2) is 9.02. The second-order valence-corrected chi connectivity index (χ2v) is 8.78. The number of hydrogen-bond donors (Lipinski definition) is 1. The molecule has 1 atom stereocenters. The summed E-state index contributed by atoms with van der Waals surface area (Å²) in [6.45, 7) is 7.37. The van der Waals surface area contributed by atoms with Gasteiger partial charge in [0.15, 0.2) is 11.6 Å². The van der Waals surface area contributed by atoms with E-state index < -0.39 is 35.1 Å². The highest BCUT2D eigenvalue weighted by molar-refractivity contribution is 6.51. The number of aliphatic hydroxyl groups is 1. The maximum Gasteiger partial charge on any atom is 0.300 e. The molecule has 0 spiro atoms. The van der Waals surface area contributed by atoms with Gasteiger partial charge in [0, 0.05) is 17.3 Å². The highest BCUT2D eigenvalue weighted by Crippen LogP contribution is 2.44. The summed E-state index contributed by atoms with van der Waals surface area (Å²) in [7, 11) is 1.55. The van der Waals surface area contributed by atoms with Crippen LogP contribution < -0.4 is 9.64 Å². The van der Waals surface area contributed by atoms with Gasteiger partial charge in [-0.25, -0.2) is 8.78 Å². The number of furan rings is 1. The number of nitrogens with zero attached hydrogens (tertiary/aromatic N) is 1. The van der Waals surface area contributed by atoms with Gasteiger partial charge in [-0.2, -0.15) is 0 Å². The molecule has 35 heavy (non-hydrogen) atoms. The number of ether oxygens (including phenoxy) is 1. The standard InChI is InChI=1S/C27H25F2NO5/c1-13(2)17-12-18(14(3)10-22(17)34-5)25(31)23-24(21-9-6-15(4)35-21)30(27(33)26(23)32)16-7-8-19(28)20(29)11-16/h6-13,24,31H,1-5H3/b25-23+. The first kappa shape index (κ1) is 24.2. The van der Waals surface area contributed by atoms with Crippen molar-refractivity contribution in [3.8, 4) is 5.75 Å². The number of Topliss-reactive ketones (excluding diaryl/α,β-unsaturated/α-hetero) is 1. The van der Waals surface area contributed by atoms with Gasteiger partial charge in [-0.15, -0.1) is 0 Å². The van der Waals surface area contributed by atoms with Crippen LogP contribution in [0.1, 0.15) is 54.0 Å². The molecule has 2 heterocycles. The van der Waals surface area contributed by atoms with E-state index >= 15 is 0 Å². The average Bonchev–Trinajstić information content (AvgIpc) is 3.35. The lowest BCUT2D eigenvalue weighted by molar-refractivity contribution is -0.132. The number of amides is 1. The van der Waals surface area contributed by atoms with Crippen molar-refractivity contribution in [1.82, 2.24) is 0 Å². The molecule has 0 radical (unpaired) electrons. The number of hydrogen-bond acceptors (Lipinski definition) is 5. The zero-order valence-electron chi connectivity index (χ0n) is 20.0. The summed E-state index contributed by atoms with van der Waals surface area (Å²) in [6, 6.07) is 8.42. The number of aryl methyl sites for hydroxylation is 2. The van der Waals surface area contributed by atoms with Gasteiger partial charge in [-0.1, -0.05) is 13.8 Å². The third-order valence-corrected chi connectivity index (χ3v) is 6.11. The Bertz CT molecular complexity index is 1370. The minimum absolute atomic E-state index is 0.0431. The van der Waals surface area contributed by atoms with Gasteiger partial charge in [0.05, 0.1) is 12.7 Å². The Morgan fingerprint density at radius 3 is 2.34 bits per heavy atom. The van der Waals surface area contributed by atoms with Crippen LogP contribution in [0.2, 0.25) is 0 Å². The van der Waals surface area contributed by atoms with Gasteiger partial charge in [-0.05, 0) is 67.3 Å². The maximum atomic E-state index is 14.1. The number of carbonyl (C=O) groups excluding carboxylic acids is 2. The lowest BCUT2D eigenvalue weighted by Gasteiger charge is -2.24. The lowest BCUT2D eigenvalue weighted by atomic mass is 9.92. The summed E-state index contributed by atoms with van der Waals surface area (Å²) in [4.78, 5) is 27.4. The third kappa shape index (κ3) is 4.09. The predicted molar refractivity (Wildman–Crippen MR) is 126 cm³/mol. The van der Waals surface area contributed by atoms with Crippen LogP contribution in [0.3, 0.4) is 0 Å². The van der Waals surface area contributed by atoms with Crippen molar-refractivity contribution in [1.29, 1.82) is 0 Å². The highest BCUT2D eigenvalue weighted by atomic mass is 19.2. The van der Waals surface area contributed by atoms with Gasteiger partial charge in [0.2, 0.25) is 0 Å². The predicted octanol–water partition coefficient (Wildman–Crippen LogP) is 5.93. The first-order valence-corrected chi connectivity index (χ1v) is 11.1. The normalized spacial score (nSPS) is 17.5. The van der Waals surface area contributed by atoms with Gasteiger partial charge in [0.25, 0.3) is 11.7 Å². The Kier molecular flexibility index (Phi) is 6.23. The molecule has 0 saturated carbocycles. The van der Waals surface area contributed by atoms with Crippen molar-refractivity contribution < 1.29 is 32.6 Å². The van der Waals surface area contributed by atoms with Crippen molar-refractivity contribution in [3.63, 3.8) is 0 Å². The van der Waals surface area contributed by atoms with E-state index in [1.54, 1.807) is 45.2 Å². The Morgan fingerprint density at radius 1 is 1.06 bits per heavy atom. The Balaban J connectivity index is 1.98. The summed E-state index contributed by atoms with van der Waals surface area (Å²) >= 11 is 0. The van der Waals surface area contributed by atoms with E-state index in [9.17, 15) is 23.5 Å². The molecule has 1 N–H and O–H groups in total. The molecule has 1 aliphatic heterocycles. The fourth-order valence-corrected chi connectivity index (χ4v) is 4.33. The van der Waals surface area contributed by atoms with E-state index in [0.717, 1.165) is 22.6 Å². The molecule has 1 unspecified atom stereocenters. The van der Waals surface area contributed by atoms with Crippen LogP contribution in [0.4, 0.5) is 14.5 Å². The van der Waals surface area contributed by atoms with Crippen molar-refractivity contribution in [3.05, 3.63) is 87.9 Å². The molecule has 4 rings (SSSR count). The monoisotopic (exact) mass is 481 g/mol. The molecule has 1 aromatic heterocycles. The first-order chi connectivity index (χ1) is 16.5. The van der Waals surface area contributed by atoms with Gasteiger partial charge in [-0.3, -0.25) is 14.5 Å². The van der Waals surface area contributed by atoms with Crippen LogP contribution >= 0.6 is 0 Å². The number of carbonyl (C=O) groups is 2. The molecule has 3 aromatic rings. The molecule has 1 fully saturated rings. The van der Waals surface area contributed by atoms with Crippen molar-refractivity contribution >= 4 is 23.1 Å². The van der Waals surface area contributed by atoms with Crippen LogP contribution in [0.5, 0.6) is 5.75 Å². The molecule has 1 amide bonds. The van der Waals surface area contributed by atoms with E-state index in [0.29, 0.717) is 22.6 Å². The molecule has 0 bridgehead atoms. The molecule has 0 aliphatic carbocycles. The molecule has 2 aromatic carbocycles. The van der Waals surface area contributed by atoms with E-state index in [1.165, 1.54) is 6.07 Å². The first-order valence-electron chi connectivity index (χ1n) is 11.1. The van der Waals surface area contributed by atoms with E-state index in [-0.39, 0.29) is 22.9 Å². The van der Waals surface area contributed by atoms with E-state index in [2.05, 4.69) is 0 Å². The number of halogens is 2. The second-order valence-electron chi connectivity index (χ2n) is 8.78. The number of anilines is 1. The fourth-order valence-electron chi connectivity index (χ4n) is 4.33. The van der Waals surface area contributed by atoms with Crippen LogP contribution in [0.25, 0.3) is 5.76 Å². The number of rotatable bonds is 5. The van der Waals surface area contributed by atoms with Crippen molar-refractivity contribution in [2.24, 2.45) is 0 Å². The summed E-state index contributed by atoms with van der Waals surface area (Å²) in [5.41, 5.74) is 1.53. The number of methoxy groups -OCH3 is 1. The Labute approximate surface area is 201 Å². The Hall–Kier alpha value is -3.94. The molecule has 8 heteroatoms. The number of ketones is 1. The quantitative estimate of drug-likeness (QED) is 0.277. The third-order valence-electron chi connectivity index (χ3n) is 6.11. The van der Waals surface area contributed by atoms with Gasteiger partial charge >= 0.3 is 0 Å². The Morgan fingerprint density at radius 2 is 1.77 bits per heavy atom. The molecular formula is C27H25F2NO5. The summed E-state index contributed by atoms with van der Waals surface area (Å²) in [5.74, 6) is -3.23. The van der Waals surface area contributed by atoms with Gasteiger partial charge < -0.3 is 14.3 Å². The topological polar surface area (TPSA) is 80.0 Å². The summed E-state index contributed by atoms with van der Waals surface area (Å²) in [6.07, 6.45) is 0. The fraction of sp³-hybridized carbons (Fsp3) is 0.259. The zero-order valence-corrected chi connectivity index (χ0v) is 20.0. The summed E-state index contributed by atoms with van der Waals surface area (Å²) < 4.78 is 38.9. The minimum Gasteiger partial charge on any atom is -0.507 e. The van der Waals surface area contributed by atoms with Crippen LogP contribution in [-0.2, 0) is 9.59 Å². The van der Waals surface area contributed by atoms with Crippen molar-refractivity contribution in [2.75, 3.05) is 12.0 Å². The molecule has 182 valence electrons. The molecule has 1 aliphatic rings. The van der Waals surface area contributed by atoms with Crippen LogP contribution in [0, 0.1) is 25.5 Å². The summed E-state index contributed by atoms with van der Waals surface area (Å²) in [5, 5.41) is 11.4. The maximum absolute atomic E-state index is 14.1. The van der Waals surface area contributed by atoms with E-state index in [4.69, 9.17) is 9.15 Å². The molecule has 1 saturated heterocycles. The SMILES string of the molecule is COc1cc(C)c(/C(O)=C2\C(=O)C(=O)N(c3ccc(F)c(F)c3)C2c2ccc(C)o2)cc1C(C)C. The number of benzene rings is 2. The molecule has 6 nitrogen and oxygen atoms in total. The average molecular weight is 481 g/mol. The minimum atomic E-state index is -1.18. The smallest absolute Gasteiger partial charge is 0.300 e. The van der Waals surface area contributed by atoms with E-state index in [1.807, 2.05) is 13.8 Å². The molecular weight excluding hydrogens is 456 g/mol. The van der Waals surface area contributed by atoms with Gasteiger partial charge in [0.1, 0.15) is 29.1 Å². The largest absolute Gasteiger partial charge is 0.507 e. The van der Waals surface area contributed by atoms with Crippen LogP contribution in [-0.4, -0.2) is 23.9 Å². The van der Waals surface area contributed by atoms with Crippen molar-refractivity contribution in [2.45, 2.75) is 39.7 Å². The highest BCUT2D eigenvalue weighted by Gasteiger charge is 2.48. The zero-order chi connectivity index (χ0) is 25.6. The lowest BCUT2D eigenvalue weighted by Crippen LogP contribution is -2.29. The number of aliphatic hydroxyl groups excluding tert-OH is 1.